The summed E-state index contributed by atoms with van der Waals surface area (Å²) in [7, 11) is 0. The molecular weight excluding hydrogens is 254 g/mol. The highest BCUT2D eigenvalue weighted by molar-refractivity contribution is 5.74. The number of esters is 1. The molecule has 0 spiro atoms. The molecule has 1 heterocycles. The molecule has 1 rings (SSSR count). The fourth-order valence-corrected chi connectivity index (χ4v) is 2.32. The lowest BCUT2D eigenvalue weighted by molar-refractivity contribution is -0.147. The number of carbonyl (C=O) groups excluding carboxylic acids is 1. The maximum absolute atomic E-state index is 12.0. The van der Waals surface area contributed by atoms with Gasteiger partial charge in [-0.3, -0.25) is 4.68 Å². The van der Waals surface area contributed by atoms with Gasteiger partial charge in [0.25, 0.3) is 0 Å². The van der Waals surface area contributed by atoms with Crippen molar-refractivity contribution in [2.24, 2.45) is 0 Å². The molecule has 0 saturated carbocycles. The van der Waals surface area contributed by atoms with Crippen LogP contribution >= 0.6 is 0 Å². The number of aryl methyl sites for hydroxylation is 1. The third kappa shape index (κ3) is 3.82. The van der Waals surface area contributed by atoms with Crippen LogP contribution < -0.4 is 5.32 Å². The first-order valence-corrected chi connectivity index (χ1v) is 7.48. The van der Waals surface area contributed by atoms with Crippen molar-refractivity contribution in [3.63, 3.8) is 0 Å². The van der Waals surface area contributed by atoms with Crippen LogP contribution in [0.1, 0.15) is 56.6 Å². The van der Waals surface area contributed by atoms with Crippen LogP contribution in [0.2, 0.25) is 0 Å². The predicted molar refractivity (Wildman–Crippen MR) is 79.7 cm³/mol. The van der Waals surface area contributed by atoms with Gasteiger partial charge in [-0.1, -0.05) is 13.8 Å². The molecule has 114 valence electrons. The van der Waals surface area contributed by atoms with Crippen molar-refractivity contribution in [3.8, 4) is 0 Å². The molecule has 0 aliphatic carbocycles. The van der Waals surface area contributed by atoms with Gasteiger partial charge in [0.1, 0.15) is 6.04 Å². The summed E-state index contributed by atoms with van der Waals surface area (Å²) < 4.78 is 6.95. The van der Waals surface area contributed by atoms with E-state index in [-0.39, 0.29) is 12.0 Å². The van der Waals surface area contributed by atoms with E-state index in [1.165, 1.54) is 5.56 Å². The molecule has 20 heavy (non-hydrogen) atoms. The number of carbonyl (C=O) groups is 1. The van der Waals surface area contributed by atoms with Gasteiger partial charge in [0.15, 0.2) is 0 Å². The SMILES string of the molecule is CCCNCc1c(C)nn(C(CC)C(=O)OCC)c1C. The fourth-order valence-electron chi connectivity index (χ4n) is 2.32. The van der Waals surface area contributed by atoms with Crippen LogP contribution in [0.25, 0.3) is 0 Å². The zero-order chi connectivity index (χ0) is 15.1. The van der Waals surface area contributed by atoms with E-state index in [4.69, 9.17) is 4.74 Å². The van der Waals surface area contributed by atoms with Crippen LogP contribution in [-0.4, -0.2) is 28.9 Å². The van der Waals surface area contributed by atoms with Gasteiger partial charge in [0.05, 0.1) is 12.3 Å². The second-order valence-corrected chi connectivity index (χ2v) is 4.95. The van der Waals surface area contributed by atoms with E-state index in [9.17, 15) is 4.79 Å². The molecule has 0 radical (unpaired) electrons. The van der Waals surface area contributed by atoms with Crippen molar-refractivity contribution in [1.29, 1.82) is 0 Å². The maximum Gasteiger partial charge on any atom is 0.330 e. The molecule has 5 nitrogen and oxygen atoms in total. The first-order chi connectivity index (χ1) is 9.56. The number of ether oxygens (including phenoxy) is 1. The molecule has 1 atom stereocenters. The number of nitrogens with one attached hydrogen (secondary N) is 1. The van der Waals surface area contributed by atoms with Crippen LogP contribution in [0, 0.1) is 13.8 Å². The highest BCUT2D eigenvalue weighted by atomic mass is 16.5. The van der Waals surface area contributed by atoms with Crippen LogP contribution in [-0.2, 0) is 16.1 Å². The Labute approximate surface area is 121 Å². The summed E-state index contributed by atoms with van der Waals surface area (Å²) in [6, 6.07) is -0.325. The number of hydrogen-bond acceptors (Lipinski definition) is 4. The molecule has 0 aliphatic heterocycles. The molecule has 1 unspecified atom stereocenters. The lowest BCUT2D eigenvalue weighted by Crippen LogP contribution is -2.23. The lowest BCUT2D eigenvalue weighted by Gasteiger charge is -2.16. The van der Waals surface area contributed by atoms with E-state index in [1.807, 2.05) is 32.4 Å². The monoisotopic (exact) mass is 281 g/mol. The minimum atomic E-state index is -0.325. The Morgan fingerprint density at radius 1 is 1.35 bits per heavy atom. The summed E-state index contributed by atoms with van der Waals surface area (Å²) >= 11 is 0. The Morgan fingerprint density at radius 2 is 2.05 bits per heavy atom. The zero-order valence-corrected chi connectivity index (χ0v) is 13.3. The van der Waals surface area contributed by atoms with Crippen molar-refractivity contribution in [1.82, 2.24) is 15.1 Å². The maximum atomic E-state index is 12.0. The van der Waals surface area contributed by atoms with E-state index in [1.54, 1.807) is 0 Å². The summed E-state index contributed by atoms with van der Waals surface area (Å²) in [4.78, 5) is 12.0. The van der Waals surface area contributed by atoms with Gasteiger partial charge in [-0.25, -0.2) is 4.79 Å². The highest BCUT2D eigenvalue weighted by Gasteiger charge is 2.24. The molecule has 1 N–H and O–H groups in total. The van der Waals surface area contributed by atoms with Crippen molar-refractivity contribution in [2.75, 3.05) is 13.2 Å². The van der Waals surface area contributed by atoms with Crippen molar-refractivity contribution >= 4 is 5.97 Å². The van der Waals surface area contributed by atoms with Crippen molar-refractivity contribution < 1.29 is 9.53 Å². The molecule has 0 fully saturated rings. The lowest BCUT2D eigenvalue weighted by atomic mass is 10.1. The van der Waals surface area contributed by atoms with E-state index in [0.29, 0.717) is 13.0 Å². The Kier molecular flexibility index (Phi) is 6.71. The minimum Gasteiger partial charge on any atom is -0.464 e. The predicted octanol–water partition coefficient (Wildman–Crippen LogP) is 2.51. The molecule has 0 saturated heterocycles. The normalized spacial score (nSPS) is 12.4. The van der Waals surface area contributed by atoms with Gasteiger partial charge in [0.2, 0.25) is 0 Å². The van der Waals surface area contributed by atoms with Gasteiger partial charge in [-0.15, -0.1) is 0 Å². The Morgan fingerprint density at radius 3 is 2.60 bits per heavy atom. The average Bonchev–Trinajstić information content (AvgIpc) is 2.68. The molecule has 1 aromatic rings. The standard InChI is InChI=1S/C15H27N3O2/c1-6-9-16-10-13-11(4)17-18(12(13)5)14(7-2)15(19)20-8-3/h14,16H,6-10H2,1-5H3. The summed E-state index contributed by atoms with van der Waals surface area (Å²) in [5.41, 5.74) is 3.21. The number of aromatic nitrogens is 2. The quantitative estimate of drug-likeness (QED) is 0.587. The van der Waals surface area contributed by atoms with Gasteiger partial charge < -0.3 is 10.1 Å². The smallest absolute Gasteiger partial charge is 0.330 e. The fraction of sp³-hybridized carbons (Fsp3) is 0.733. The van der Waals surface area contributed by atoms with Crippen LogP contribution in [0.5, 0.6) is 0 Å². The second-order valence-electron chi connectivity index (χ2n) is 4.95. The largest absolute Gasteiger partial charge is 0.464 e. The topological polar surface area (TPSA) is 56.2 Å². The minimum absolute atomic E-state index is 0.200. The summed E-state index contributed by atoms with van der Waals surface area (Å²) in [6.07, 6.45) is 1.79. The van der Waals surface area contributed by atoms with E-state index in [2.05, 4.69) is 17.3 Å². The Hall–Kier alpha value is -1.36. The van der Waals surface area contributed by atoms with E-state index < -0.39 is 0 Å². The highest BCUT2D eigenvalue weighted by Crippen LogP contribution is 2.20. The molecule has 0 bridgehead atoms. The van der Waals surface area contributed by atoms with Crippen LogP contribution in [0.3, 0.4) is 0 Å². The van der Waals surface area contributed by atoms with Gasteiger partial charge in [-0.05, 0) is 40.2 Å². The number of rotatable bonds is 8. The van der Waals surface area contributed by atoms with Gasteiger partial charge >= 0.3 is 5.97 Å². The average molecular weight is 281 g/mol. The van der Waals surface area contributed by atoms with Crippen molar-refractivity contribution in [2.45, 2.75) is 60.0 Å². The van der Waals surface area contributed by atoms with E-state index >= 15 is 0 Å². The third-order valence-corrected chi connectivity index (χ3v) is 3.44. The zero-order valence-electron chi connectivity index (χ0n) is 13.3. The number of nitrogens with zero attached hydrogens (tertiary/aromatic N) is 2. The number of hydrogen-bond donors (Lipinski definition) is 1. The second kappa shape index (κ2) is 8.04. The van der Waals surface area contributed by atoms with Gasteiger partial charge in [-0.2, -0.15) is 5.10 Å². The van der Waals surface area contributed by atoms with Crippen molar-refractivity contribution in [3.05, 3.63) is 17.0 Å². The first kappa shape index (κ1) is 16.7. The first-order valence-electron chi connectivity index (χ1n) is 7.48. The van der Waals surface area contributed by atoms with Crippen LogP contribution in [0.15, 0.2) is 0 Å². The van der Waals surface area contributed by atoms with Gasteiger partial charge in [0, 0.05) is 17.8 Å². The summed E-state index contributed by atoms with van der Waals surface area (Å²) in [5.74, 6) is -0.200. The molecule has 0 amide bonds. The molecular formula is C15H27N3O2. The third-order valence-electron chi connectivity index (χ3n) is 3.44. The summed E-state index contributed by atoms with van der Waals surface area (Å²) in [6.45, 7) is 12.1. The molecule has 1 aromatic heterocycles. The van der Waals surface area contributed by atoms with E-state index in [0.717, 1.165) is 30.9 Å². The molecule has 0 aliphatic rings. The summed E-state index contributed by atoms with van der Waals surface area (Å²) in [5, 5.41) is 7.93. The molecule has 0 aromatic carbocycles. The van der Waals surface area contributed by atoms with Crippen LogP contribution in [0.4, 0.5) is 0 Å². The Balaban J connectivity index is 2.94. The molecule has 5 heteroatoms. The Bertz CT molecular complexity index is 441.